The Bertz CT molecular complexity index is 1550. The smallest absolute Gasteiger partial charge is 0.350 e. The summed E-state index contributed by atoms with van der Waals surface area (Å²) in [6, 6.07) is 19.1. The Labute approximate surface area is 267 Å². The maximum atomic E-state index is 13.9. The Morgan fingerprint density at radius 1 is 1.04 bits per heavy atom. The highest BCUT2D eigenvalue weighted by molar-refractivity contribution is 5.92. The normalized spacial score (nSPS) is 23.1. The maximum Gasteiger partial charge on any atom is 0.350 e. The van der Waals surface area contributed by atoms with Crippen molar-refractivity contribution in [3.63, 3.8) is 0 Å². The summed E-state index contributed by atoms with van der Waals surface area (Å²) >= 11 is 0. The third kappa shape index (κ3) is 7.58. The molecule has 2 aromatic carbocycles. The molecule has 2 heterocycles. The third-order valence-electron chi connectivity index (χ3n) is 11.0. The number of carbonyl (C=O) groups is 1. The van der Waals surface area contributed by atoms with Crippen molar-refractivity contribution in [2.75, 3.05) is 25.5 Å². The zero-order valence-electron chi connectivity index (χ0n) is 26.7. The molecule has 2 N–H and O–H groups in total. The molecule has 8 nitrogen and oxygen atoms in total. The van der Waals surface area contributed by atoms with Crippen LogP contribution in [0.4, 0.5) is 5.82 Å². The lowest BCUT2D eigenvalue weighted by atomic mass is 9.79. The van der Waals surface area contributed by atoms with Gasteiger partial charge in [-0.3, -0.25) is 9.36 Å². The number of nitriles is 1. The number of rotatable bonds is 13. The summed E-state index contributed by atoms with van der Waals surface area (Å²) in [7, 11) is 2.17. The minimum atomic E-state index is -0.597. The predicted molar refractivity (Wildman–Crippen MR) is 179 cm³/mol. The number of amides is 1. The number of nitrogens with one attached hydrogen (secondary N) is 2. The van der Waals surface area contributed by atoms with E-state index in [1.54, 1.807) is 4.57 Å². The van der Waals surface area contributed by atoms with E-state index in [1.165, 1.54) is 32.1 Å². The Morgan fingerprint density at radius 2 is 1.78 bits per heavy atom. The van der Waals surface area contributed by atoms with Crippen LogP contribution in [0.15, 0.2) is 59.4 Å². The van der Waals surface area contributed by atoms with E-state index in [9.17, 15) is 14.9 Å². The van der Waals surface area contributed by atoms with Gasteiger partial charge in [-0.15, -0.1) is 0 Å². The molecular weight excluding hydrogens is 560 g/mol. The molecule has 6 rings (SSSR count). The quantitative estimate of drug-likeness (QED) is 0.250. The Kier molecular flexibility index (Phi) is 9.85. The summed E-state index contributed by atoms with van der Waals surface area (Å²) in [5, 5.41) is 17.2. The van der Waals surface area contributed by atoms with Gasteiger partial charge in [-0.2, -0.15) is 10.2 Å². The van der Waals surface area contributed by atoms with E-state index in [1.807, 2.05) is 54.6 Å². The van der Waals surface area contributed by atoms with Crippen molar-refractivity contribution < 1.29 is 4.79 Å². The second-order valence-corrected chi connectivity index (χ2v) is 14.0. The molecule has 1 saturated heterocycles. The largest absolute Gasteiger partial charge is 0.358 e. The second kappa shape index (κ2) is 14.2. The number of hydrogen-bond acceptors (Lipinski definition) is 6. The SMILES string of the molecule is CN1CCC(CCn2c(=O)nc(N[C@@H](CCC34CCC(CC3)C4)C(=O)N[C@H](C#N)CCc3ccccc3)c3ccccc32)CC1. The summed E-state index contributed by atoms with van der Waals surface area (Å²) in [6.45, 7) is 2.84. The van der Waals surface area contributed by atoms with Crippen LogP contribution in [-0.4, -0.2) is 52.6 Å². The zero-order valence-corrected chi connectivity index (χ0v) is 26.7. The molecule has 3 aromatic rings. The van der Waals surface area contributed by atoms with E-state index in [0.717, 1.165) is 61.2 Å². The predicted octanol–water partition coefficient (Wildman–Crippen LogP) is 5.91. The summed E-state index contributed by atoms with van der Waals surface area (Å²) in [6.07, 6.45) is 12.4. The summed E-state index contributed by atoms with van der Waals surface area (Å²) in [4.78, 5) is 34.3. The molecule has 0 spiro atoms. The summed E-state index contributed by atoms with van der Waals surface area (Å²) in [5.74, 6) is 1.70. The van der Waals surface area contributed by atoms with Gasteiger partial charge in [-0.05, 0) is 132 Å². The van der Waals surface area contributed by atoms with E-state index in [0.29, 0.717) is 43.0 Å². The van der Waals surface area contributed by atoms with Crippen molar-refractivity contribution in [3.05, 3.63) is 70.6 Å². The monoisotopic (exact) mass is 608 g/mol. The minimum absolute atomic E-state index is 0.198. The van der Waals surface area contributed by atoms with Crippen LogP contribution in [0.1, 0.15) is 76.2 Å². The average molecular weight is 609 g/mol. The van der Waals surface area contributed by atoms with Gasteiger partial charge in [-0.1, -0.05) is 42.5 Å². The van der Waals surface area contributed by atoms with Crippen LogP contribution in [0.2, 0.25) is 0 Å². The van der Waals surface area contributed by atoms with Gasteiger partial charge in [0, 0.05) is 11.9 Å². The fraction of sp³-hybridized carbons (Fsp3) is 0.568. The molecule has 0 radical (unpaired) electrons. The number of benzene rings is 2. The third-order valence-corrected chi connectivity index (χ3v) is 11.0. The molecule has 1 aliphatic heterocycles. The molecule has 1 aromatic heterocycles. The highest BCUT2D eigenvalue weighted by Crippen LogP contribution is 2.56. The van der Waals surface area contributed by atoms with Gasteiger partial charge in [0.25, 0.3) is 0 Å². The minimum Gasteiger partial charge on any atom is -0.358 e. The molecule has 45 heavy (non-hydrogen) atoms. The van der Waals surface area contributed by atoms with E-state index < -0.39 is 12.1 Å². The number of carbonyl (C=O) groups excluding carboxylic acids is 1. The standard InChI is InChI=1S/C37H48N6O2/c1-42-22-16-28(17-23-42)18-24-43-33-10-6-5-9-31(33)34(41-36(43)45)40-32(15-21-37-19-13-29(25-37)14-20-37)35(44)39-30(26-38)12-11-27-7-3-2-4-8-27/h2-10,28-30,32H,11-25H2,1H3,(H,39,44)(H,40,41,45)/t29?,30-,32-,37?/m0/s1. The second-order valence-electron chi connectivity index (χ2n) is 14.0. The number of piperidine rings is 1. The summed E-state index contributed by atoms with van der Waals surface area (Å²) in [5.41, 5.74) is 2.02. The van der Waals surface area contributed by atoms with Crippen molar-refractivity contribution in [2.45, 2.75) is 95.7 Å². The molecule has 1 amide bonds. The van der Waals surface area contributed by atoms with Crippen molar-refractivity contribution in [1.82, 2.24) is 19.8 Å². The van der Waals surface area contributed by atoms with Crippen molar-refractivity contribution in [2.24, 2.45) is 17.3 Å². The van der Waals surface area contributed by atoms with Crippen LogP contribution in [0.3, 0.4) is 0 Å². The van der Waals surface area contributed by atoms with Gasteiger partial charge in [0.1, 0.15) is 17.9 Å². The fourth-order valence-electron chi connectivity index (χ4n) is 8.16. The first kappa shape index (κ1) is 31.3. The molecule has 3 fully saturated rings. The van der Waals surface area contributed by atoms with Crippen LogP contribution >= 0.6 is 0 Å². The molecular formula is C37H48N6O2. The molecule has 3 aliphatic rings. The lowest BCUT2D eigenvalue weighted by molar-refractivity contribution is -0.122. The Morgan fingerprint density at radius 3 is 2.49 bits per heavy atom. The van der Waals surface area contributed by atoms with Crippen LogP contribution in [0.25, 0.3) is 10.9 Å². The van der Waals surface area contributed by atoms with Crippen molar-refractivity contribution >= 4 is 22.6 Å². The zero-order chi connectivity index (χ0) is 31.2. The van der Waals surface area contributed by atoms with Gasteiger partial charge >= 0.3 is 5.69 Å². The molecule has 2 bridgehead atoms. The number of fused-ring (bicyclic) bond motifs is 3. The number of likely N-dealkylation sites (tertiary alicyclic amines) is 1. The number of anilines is 1. The number of aromatic nitrogens is 2. The van der Waals surface area contributed by atoms with E-state index in [2.05, 4.69) is 33.6 Å². The number of para-hydroxylation sites is 1. The van der Waals surface area contributed by atoms with Gasteiger partial charge in [0.05, 0.1) is 11.6 Å². The first-order valence-electron chi connectivity index (χ1n) is 17.1. The van der Waals surface area contributed by atoms with Gasteiger partial charge < -0.3 is 15.5 Å². The van der Waals surface area contributed by atoms with Crippen molar-refractivity contribution in [1.29, 1.82) is 5.26 Å². The molecule has 2 atom stereocenters. The number of hydrogen-bond donors (Lipinski definition) is 2. The van der Waals surface area contributed by atoms with Gasteiger partial charge in [-0.25, -0.2) is 4.79 Å². The van der Waals surface area contributed by atoms with Crippen LogP contribution in [0.5, 0.6) is 0 Å². The maximum absolute atomic E-state index is 13.9. The molecule has 2 saturated carbocycles. The summed E-state index contributed by atoms with van der Waals surface area (Å²) < 4.78 is 1.80. The first-order chi connectivity index (χ1) is 21.9. The average Bonchev–Trinajstić information content (AvgIpc) is 3.67. The van der Waals surface area contributed by atoms with E-state index in [4.69, 9.17) is 0 Å². The van der Waals surface area contributed by atoms with E-state index in [-0.39, 0.29) is 11.6 Å². The molecule has 238 valence electrons. The first-order valence-corrected chi connectivity index (χ1v) is 17.1. The number of nitrogens with zero attached hydrogens (tertiary/aromatic N) is 4. The number of aryl methyl sites for hydroxylation is 2. The van der Waals surface area contributed by atoms with Crippen LogP contribution in [0, 0.1) is 28.6 Å². The Balaban J connectivity index is 1.20. The Hall–Kier alpha value is -3.70. The van der Waals surface area contributed by atoms with Gasteiger partial charge in [0.15, 0.2) is 0 Å². The highest BCUT2D eigenvalue weighted by Gasteiger charge is 2.44. The highest BCUT2D eigenvalue weighted by atomic mass is 16.2. The molecule has 0 unspecified atom stereocenters. The van der Waals surface area contributed by atoms with E-state index >= 15 is 0 Å². The van der Waals surface area contributed by atoms with Crippen molar-refractivity contribution in [3.8, 4) is 6.07 Å². The lowest BCUT2D eigenvalue weighted by Crippen LogP contribution is -2.45. The topological polar surface area (TPSA) is 103 Å². The van der Waals surface area contributed by atoms with Crippen LogP contribution in [-0.2, 0) is 17.8 Å². The fourth-order valence-corrected chi connectivity index (χ4v) is 8.16. The van der Waals surface area contributed by atoms with Gasteiger partial charge in [0.2, 0.25) is 5.91 Å². The molecule has 8 heteroatoms. The lowest BCUT2D eigenvalue weighted by Gasteiger charge is -2.30. The van der Waals surface area contributed by atoms with Crippen LogP contribution < -0.4 is 16.3 Å². The molecule has 2 aliphatic carbocycles.